The Balaban J connectivity index is 1.60. The molecule has 30 heavy (non-hydrogen) atoms. The molecule has 1 saturated heterocycles. The van der Waals surface area contributed by atoms with Gasteiger partial charge in [0.25, 0.3) is 0 Å². The number of ether oxygens (including phenoxy) is 1. The second-order valence-corrected chi connectivity index (χ2v) is 8.28. The van der Waals surface area contributed by atoms with E-state index in [9.17, 15) is 9.59 Å². The number of benzene rings is 2. The number of amides is 1. The molecule has 0 spiro atoms. The maximum Gasteiger partial charge on any atom is 0.347 e. The molecule has 3 rings (SSSR count). The fraction of sp³-hybridized carbons (Fsp3) is 0.417. The highest BCUT2D eigenvalue weighted by molar-refractivity contribution is 5.79. The largest absolute Gasteiger partial charge is 0.478 e. The molecule has 0 saturated carbocycles. The van der Waals surface area contributed by atoms with Crippen LogP contribution < -0.4 is 15.0 Å². The average Bonchev–Trinajstić information content (AvgIpc) is 3.24. The van der Waals surface area contributed by atoms with E-state index in [-0.39, 0.29) is 18.4 Å². The van der Waals surface area contributed by atoms with Crippen LogP contribution in [0.3, 0.4) is 0 Å². The lowest BCUT2D eigenvalue weighted by Gasteiger charge is -2.25. The van der Waals surface area contributed by atoms with Crippen LogP contribution in [0.1, 0.15) is 50.8 Å². The number of carbonyl (C=O) groups is 2. The standard InChI is InChI=1S/C24H30N2O4/c1-17(20-8-4-5-9-21(20)26-14-6-7-15-26)25-22(27)16-18-10-12-19(13-11-18)30-24(2,3)23(28)29/h4-5,8-13,17H,6-7,14-16H2,1-3H3,(H,25,27)(H,28,29). The van der Waals surface area contributed by atoms with Crippen molar-refractivity contribution in [3.8, 4) is 5.75 Å². The molecule has 6 heteroatoms. The van der Waals surface area contributed by atoms with Crippen LogP contribution in [0.25, 0.3) is 0 Å². The molecule has 1 amide bonds. The normalized spacial score (nSPS) is 15.0. The van der Waals surface area contributed by atoms with E-state index in [0.717, 1.165) is 24.2 Å². The van der Waals surface area contributed by atoms with Gasteiger partial charge in [0.2, 0.25) is 5.91 Å². The highest BCUT2D eigenvalue weighted by atomic mass is 16.5. The number of rotatable bonds is 8. The molecule has 0 bridgehead atoms. The fourth-order valence-corrected chi connectivity index (χ4v) is 3.67. The van der Waals surface area contributed by atoms with Crippen LogP contribution in [0, 0.1) is 0 Å². The first-order valence-electron chi connectivity index (χ1n) is 10.4. The smallest absolute Gasteiger partial charge is 0.347 e. The Bertz CT molecular complexity index is 886. The predicted molar refractivity (Wildman–Crippen MR) is 117 cm³/mol. The van der Waals surface area contributed by atoms with E-state index in [1.165, 1.54) is 32.4 Å². The zero-order valence-electron chi connectivity index (χ0n) is 17.9. The van der Waals surface area contributed by atoms with Gasteiger partial charge in [-0.1, -0.05) is 30.3 Å². The molecule has 6 nitrogen and oxygen atoms in total. The van der Waals surface area contributed by atoms with E-state index in [2.05, 4.69) is 22.3 Å². The highest BCUT2D eigenvalue weighted by Crippen LogP contribution is 2.29. The summed E-state index contributed by atoms with van der Waals surface area (Å²) in [5.41, 5.74) is 1.86. The van der Waals surface area contributed by atoms with Crippen LogP contribution >= 0.6 is 0 Å². The van der Waals surface area contributed by atoms with Crippen LogP contribution in [0.2, 0.25) is 0 Å². The van der Waals surface area contributed by atoms with Gasteiger partial charge in [0.05, 0.1) is 12.5 Å². The van der Waals surface area contributed by atoms with Crippen LogP contribution in [-0.2, 0) is 16.0 Å². The summed E-state index contributed by atoms with van der Waals surface area (Å²) in [4.78, 5) is 26.2. The third-order valence-electron chi connectivity index (χ3n) is 5.40. The second-order valence-electron chi connectivity index (χ2n) is 8.28. The van der Waals surface area contributed by atoms with Crippen LogP contribution in [-0.4, -0.2) is 35.7 Å². The molecule has 1 fully saturated rings. The quantitative estimate of drug-likeness (QED) is 0.689. The number of nitrogens with zero attached hydrogens (tertiary/aromatic N) is 1. The van der Waals surface area contributed by atoms with Crippen molar-refractivity contribution in [1.29, 1.82) is 0 Å². The molecule has 1 heterocycles. The van der Waals surface area contributed by atoms with Crippen molar-refractivity contribution >= 4 is 17.6 Å². The van der Waals surface area contributed by atoms with Gasteiger partial charge in [0.15, 0.2) is 5.60 Å². The van der Waals surface area contributed by atoms with E-state index < -0.39 is 11.6 Å². The number of anilines is 1. The number of carbonyl (C=O) groups excluding carboxylic acids is 1. The Morgan fingerprint density at radius 1 is 1.10 bits per heavy atom. The number of para-hydroxylation sites is 1. The van der Waals surface area contributed by atoms with Gasteiger partial charge in [-0.25, -0.2) is 4.79 Å². The Hall–Kier alpha value is -3.02. The minimum atomic E-state index is -1.31. The monoisotopic (exact) mass is 410 g/mol. The van der Waals surface area contributed by atoms with E-state index in [4.69, 9.17) is 9.84 Å². The summed E-state index contributed by atoms with van der Waals surface area (Å²) < 4.78 is 5.50. The number of hydrogen-bond acceptors (Lipinski definition) is 4. The lowest BCUT2D eigenvalue weighted by atomic mass is 10.0. The Kier molecular flexibility index (Phi) is 6.65. The molecular formula is C24H30N2O4. The number of aliphatic carboxylic acids is 1. The van der Waals surface area contributed by atoms with Gasteiger partial charge >= 0.3 is 5.97 Å². The molecule has 2 aromatic carbocycles. The molecule has 160 valence electrons. The third-order valence-corrected chi connectivity index (χ3v) is 5.40. The number of carboxylic acids is 1. The molecule has 1 aliphatic heterocycles. The molecule has 0 aromatic heterocycles. The Morgan fingerprint density at radius 3 is 2.37 bits per heavy atom. The Labute approximate surface area is 177 Å². The van der Waals surface area contributed by atoms with Crippen molar-refractivity contribution in [2.45, 2.75) is 51.7 Å². The molecule has 2 aromatic rings. The summed E-state index contributed by atoms with van der Waals surface area (Å²) in [7, 11) is 0. The SMILES string of the molecule is CC(NC(=O)Cc1ccc(OC(C)(C)C(=O)O)cc1)c1ccccc1N1CCCC1. The zero-order valence-corrected chi connectivity index (χ0v) is 17.9. The molecule has 1 atom stereocenters. The first-order valence-corrected chi connectivity index (χ1v) is 10.4. The van der Waals surface area contributed by atoms with E-state index in [1.54, 1.807) is 24.3 Å². The van der Waals surface area contributed by atoms with Gasteiger partial charge in [0, 0.05) is 18.8 Å². The maximum absolute atomic E-state index is 12.6. The molecule has 1 unspecified atom stereocenters. The first-order chi connectivity index (χ1) is 14.3. The van der Waals surface area contributed by atoms with Crippen molar-refractivity contribution in [2.75, 3.05) is 18.0 Å². The van der Waals surface area contributed by atoms with E-state index in [1.807, 2.05) is 19.1 Å². The van der Waals surface area contributed by atoms with Gasteiger partial charge < -0.3 is 20.1 Å². The molecule has 0 aliphatic carbocycles. The highest BCUT2D eigenvalue weighted by Gasteiger charge is 2.29. The van der Waals surface area contributed by atoms with Crippen molar-refractivity contribution < 1.29 is 19.4 Å². The minimum absolute atomic E-state index is 0.0572. The summed E-state index contributed by atoms with van der Waals surface area (Å²) in [6.45, 7) is 7.13. The number of carboxylic acid groups (broad SMARTS) is 1. The van der Waals surface area contributed by atoms with Gasteiger partial charge in [-0.3, -0.25) is 4.79 Å². The van der Waals surface area contributed by atoms with Gasteiger partial charge in [-0.05, 0) is 62.9 Å². The van der Waals surface area contributed by atoms with Crippen molar-refractivity contribution in [3.05, 3.63) is 59.7 Å². The van der Waals surface area contributed by atoms with Crippen LogP contribution in [0.4, 0.5) is 5.69 Å². The summed E-state index contributed by atoms with van der Waals surface area (Å²) in [6, 6.07) is 15.1. The van der Waals surface area contributed by atoms with Crippen molar-refractivity contribution in [1.82, 2.24) is 5.32 Å². The van der Waals surface area contributed by atoms with Crippen molar-refractivity contribution in [2.24, 2.45) is 0 Å². The maximum atomic E-state index is 12.6. The summed E-state index contributed by atoms with van der Waals surface area (Å²) in [5.74, 6) is -0.633. The summed E-state index contributed by atoms with van der Waals surface area (Å²) in [6.07, 6.45) is 2.66. The number of hydrogen-bond donors (Lipinski definition) is 2. The van der Waals surface area contributed by atoms with Crippen LogP contribution in [0.5, 0.6) is 5.75 Å². The topological polar surface area (TPSA) is 78.9 Å². The van der Waals surface area contributed by atoms with E-state index in [0.29, 0.717) is 5.75 Å². The van der Waals surface area contributed by atoms with Gasteiger partial charge in [0.1, 0.15) is 5.75 Å². The molecule has 1 aliphatic rings. The van der Waals surface area contributed by atoms with Crippen molar-refractivity contribution in [3.63, 3.8) is 0 Å². The summed E-state index contributed by atoms with van der Waals surface area (Å²) >= 11 is 0. The third kappa shape index (κ3) is 5.32. The molecular weight excluding hydrogens is 380 g/mol. The Morgan fingerprint density at radius 2 is 1.73 bits per heavy atom. The lowest BCUT2D eigenvalue weighted by molar-refractivity contribution is -0.152. The number of nitrogens with one attached hydrogen (secondary N) is 1. The fourth-order valence-electron chi connectivity index (χ4n) is 3.67. The van der Waals surface area contributed by atoms with Gasteiger partial charge in [-0.15, -0.1) is 0 Å². The molecule has 2 N–H and O–H groups in total. The second kappa shape index (κ2) is 9.20. The lowest BCUT2D eigenvalue weighted by Crippen LogP contribution is -2.37. The predicted octanol–water partition coefficient (Wildman–Crippen LogP) is 3.95. The summed E-state index contributed by atoms with van der Waals surface area (Å²) in [5, 5.41) is 12.3. The molecule has 0 radical (unpaired) electrons. The minimum Gasteiger partial charge on any atom is -0.478 e. The van der Waals surface area contributed by atoms with E-state index >= 15 is 0 Å². The zero-order chi connectivity index (χ0) is 21.7. The van der Waals surface area contributed by atoms with Crippen LogP contribution in [0.15, 0.2) is 48.5 Å². The first kappa shape index (κ1) is 21.7. The van der Waals surface area contributed by atoms with Gasteiger partial charge in [-0.2, -0.15) is 0 Å². The average molecular weight is 411 g/mol.